The van der Waals surface area contributed by atoms with Crippen LogP contribution in [-0.4, -0.2) is 53.8 Å². The molecule has 0 aromatic carbocycles. The summed E-state index contributed by atoms with van der Waals surface area (Å²) in [4.78, 5) is 26.1. The average Bonchev–Trinajstić information content (AvgIpc) is 2.79. The van der Waals surface area contributed by atoms with Crippen molar-refractivity contribution in [3.05, 3.63) is 41.0 Å². The van der Waals surface area contributed by atoms with Gasteiger partial charge in [0.1, 0.15) is 17.5 Å². The molecular weight excluding hydrogens is 453 g/mol. The zero-order valence-corrected chi connectivity index (χ0v) is 19.0. The molecule has 1 aliphatic heterocycles. The molecule has 0 bridgehead atoms. The van der Waals surface area contributed by atoms with Crippen LogP contribution in [0.15, 0.2) is 24.0 Å². The van der Waals surface area contributed by atoms with Gasteiger partial charge in [0, 0.05) is 44.3 Å². The third-order valence-electron chi connectivity index (χ3n) is 5.24. The van der Waals surface area contributed by atoms with Crippen molar-refractivity contribution in [2.45, 2.75) is 32.6 Å². The molecular formula is C21H25F3N8O2. The SMILES string of the molecule is COc1cc(CN/C=C(\C=N)CNc2nc(C)c3c(n2)N(C)[C@@H](C)C(=O)N3)cnc1C(F)(F)F. The van der Waals surface area contributed by atoms with E-state index in [0.29, 0.717) is 34.3 Å². The number of anilines is 3. The van der Waals surface area contributed by atoms with Crippen LogP contribution in [0.1, 0.15) is 23.9 Å². The first kappa shape index (κ1) is 24.7. The molecule has 0 unspecified atom stereocenters. The number of carbonyl (C=O) groups excluding carboxylic acids is 1. The molecule has 2 aromatic rings. The van der Waals surface area contributed by atoms with Gasteiger partial charge in [-0.05, 0) is 25.5 Å². The van der Waals surface area contributed by atoms with Gasteiger partial charge in [0.15, 0.2) is 11.5 Å². The number of methoxy groups -OCH3 is 1. The topological polar surface area (TPSA) is 128 Å². The van der Waals surface area contributed by atoms with E-state index in [2.05, 4.69) is 30.9 Å². The predicted molar refractivity (Wildman–Crippen MR) is 121 cm³/mol. The van der Waals surface area contributed by atoms with Crippen molar-refractivity contribution in [3.63, 3.8) is 0 Å². The van der Waals surface area contributed by atoms with Crippen LogP contribution in [0.3, 0.4) is 0 Å². The van der Waals surface area contributed by atoms with E-state index < -0.39 is 11.9 Å². The van der Waals surface area contributed by atoms with Crippen molar-refractivity contribution in [1.29, 1.82) is 5.41 Å². The second-order valence-corrected chi connectivity index (χ2v) is 7.60. The van der Waals surface area contributed by atoms with Gasteiger partial charge in [-0.15, -0.1) is 0 Å². The Balaban J connectivity index is 1.65. The first-order chi connectivity index (χ1) is 16.0. The number of fused-ring (bicyclic) bond motifs is 1. The highest BCUT2D eigenvalue weighted by Crippen LogP contribution is 2.35. The number of likely N-dealkylation sites (N-methyl/N-ethyl adjacent to an activating group) is 1. The molecule has 2 aromatic heterocycles. The summed E-state index contributed by atoms with van der Waals surface area (Å²) in [6, 6.07) is 0.883. The summed E-state index contributed by atoms with van der Waals surface area (Å²) in [7, 11) is 2.93. The van der Waals surface area contributed by atoms with Crippen LogP contribution in [0.4, 0.5) is 30.6 Å². The van der Waals surface area contributed by atoms with Crippen LogP contribution >= 0.6 is 0 Å². The van der Waals surface area contributed by atoms with E-state index in [0.717, 1.165) is 19.5 Å². The maximum absolute atomic E-state index is 12.9. The van der Waals surface area contributed by atoms with Crippen LogP contribution in [0.25, 0.3) is 0 Å². The molecule has 4 N–H and O–H groups in total. The number of ether oxygens (including phenoxy) is 1. The van der Waals surface area contributed by atoms with Crippen molar-refractivity contribution >= 4 is 29.6 Å². The highest BCUT2D eigenvalue weighted by molar-refractivity contribution is 6.03. The molecule has 0 spiro atoms. The molecule has 0 fully saturated rings. The maximum Gasteiger partial charge on any atom is 0.437 e. The molecule has 0 saturated heterocycles. The normalized spacial score (nSPS) is 16.0. The third kappa shape index (κ3) is 5.35. The molecule has 1 amide bonds. The number of amides is 1. The summed E-state index contributed by atoms with van der Waals surface area (Å²) < 4.78 is 43.6. The number of alkyl halides is 3. The first-order valence-corrected chi connectivity index (χ1v) is 10.2. The molecule has 0 aliphatic carbocycles. The zero-order valence-electron chi connectivity index (χ0n) is 19.0. The summed E-state index contributed by atoms with van der Waals surface area (Å²) in [5.41, 5.74) is 1.09. The predicted octanol–water partition coefficient (Wildman–Crippen LogP) is 2.72. The van der Waals surface area contributed by atoms with Gasteiger partial charge in [0.2, 0.25) is 11.9 Å². The molecule has 34 heavy (non-hydrogen) atoms. The lowest BCUT2D eigenvalue weighted by atomic mass is 10.2. The Morgan fingerprint density at radius 3 is 2.76 bits per heavy atom. The Labute approximate surface area is 194 Å². The molecule has 10 nitrogen and oxygen atoms in total. The monoisotopic (exact) mass is 478 g/mol. The fourth-order valence-corrected chi connectivity index (χ4v) is 3.20. The molecule has 13 heteroatoms. The van der Waals surface area contributed by atoms with Crippen molar-refractivity contribution < 1.29 is 22.7 Å². The number of pyridine rings is 1. The second-order valence-electron chi connectivity index (χ2n) is 7.60. The smallest absolute Gasteiger partial charge is 0.437 e. The summed E-state index contributed by atoms with van der Waals surface area (Å²) >= 11 is 0. The van der Waals surface area contributed by atoms with Crippen LogP contribution in [0.5, 0.6) is 5.75 Å². The van der Waals surface area contributed by atoms with Gasteiger partial charge in [-0.1, -0.05) is 0 Å². The van der Waals surface area contributed by atoms with Gasteiger partial charge in [0.05, 0.1) is 12.8 Å². The van der Waals surface area contributed by atoms with Crippen molar-refractivity contribution in [2.24, 2.45) is 0 Å². The Bertz CT molecular complexity index is 1120. The number of nitrogens with zero attached hydrogens (tertiary/aromatic N) is 4. The molecule has 182 valence electrons. The van der Waals surface area contributed by atoms with Gasteiger partial charge in [-0.25, -0.2) is 9.97 Å². The molecule has 3 rings (SSSR count). The Hall–Kier alpha value is -3.90. The van der Waals surface area contributed by atoms with E-state index in [1.54, 1.807) is 32.0 Å². The lowest BCUT2D eigenvalue weighted by Crippen LogP contribution is -2.44. The molecule has 3 heterocycles. The molecule has 1 atom stereocenters. The van der Waals surface area contributed by atoms with E-state index in [1.165, 1.54) is 6.07 Å². The maximum atomic E-state index is 12.9. The fourth-order valence-electron chi connectivity index (χ4n) is 3.20. The van der Waals surface area contributed by atoms with E-state index in [-0.39, 0.29) is 30.8 Å². The number of aryl methyl sites for hydroxylation is 1. The van der Waals surface area contributed by atoms with Crippen LogP contribution in [-0.2, 0) is 17.5 Å². The summed E-state index contributed by atoms with van der Waals surface area (Å²) in [5, 5.41) is 16.4. The minimum Gasteiger partial charge on any atom is -0.494 e. The van der Waals surface area contributed by atoms with Crippen molar-refractivity contribution in [3.8, 4) is 5.75 Å². The van der Waals surface area contributed by atoms with E-state index in [1.807, 2.05) is 0 Å². The number of nitrogens with one attached hydrogen (secondary N) is 4. The highest BCUT2D eigenvalue weighted by Gasteiger charge is 2.36. The highest BCUT2D eigenvalue weighted by atomic mass is 19.4. The van der Waals surface area contributed by atoms with Crippen LogP contribution < -0.4 is 25.6 Å². The Morgan fingerprint density at radius 1 is 1.38 bits per heavy atom. The lowest BCUT2D eigenvalue weighted by molar-refractivity contribution is -0.142. The number of rotatable bonds is 8. The fraction of sp³-hybridized carbons (Fsp3) is 0.381. The zero-order chi connectivity index (χ0) is 25.0. The molecule has 0 radical (unpaired) electrons. The van der Waals surface area contributed by atoms with Crippen LogP contribution in [0, 0.1) is 12.3 Å². The van der Waals surface area contributed by atoms with Crippen molar-refractivity contribution in [2.75, 3.05) is 36.2 Å². The lowest BCUT2D eigenvalue weighted by Gasteiger charge is -2.32. The molecule has 0 saturated carbocycles. The second kappa shape index (κ2) is 9.93. The first-order valence-electron chi connectivity index (χ1n) is 10.2. The number of hydrogen-bond donors (Lipinski definition) is 4. The van der Waals surface area contributed by atoms with Gasteiger partial charge < -0.3 is 31.0 Å². The standard InChI is InChI=1S/C21H25F3N8O2/c1-11-16-18(32(3)12(2)19(33)30-16)31-20(29-11)28-10-14(6-25)8-26-7-13-5-15(34-4)17(27-9-13)21(22,23)24/h5-6,8-9,12,25-26H,7,10H2,1-4H3,(H,30,33)(H,28,29,31)/b14-8+,25-6?/t12-/m0/s1. The van der Waals surface area contributed by atoms with Gasteiger partial charge in [-0.2, -0.15) is 18.2 Å². The van der Waals surface area contributed by atoms with E-state index in [4.69, 9.17) is 10.1 Å². The van der Waals surface area contributed by atoms with Gasteiger partial charge >= 0.3 is 6.18 Å². The van der Waals surface area contributed by atoms with Gasteiger partial charge in [-0.3, -0.25) is 4.79 Å². The quantitative estimate of drug-likeness (QED) is 0.427. The average molecular weight is 478 g/mol. The minimum atomic E-state index is -4.61. The van der Waals surface area contributed by atoms with Crippen LogP contribution in [0.2, 0.25) is 0 Å². The Kier molecular flexibility index (Phi) is 7.23. The summed E-state index contributed by atoms with van der Waals surface area (Å²) in [6.07, 6.45) is -0.796. The number of carbonyl (C=O) groups is 1. The summed E-state index contributed by atoms with van der Waals surface area (Å²) in [6.45, 7) is 3.92. The van der Waals surface area contributed by atoms with E-state index in [9.17, 15) is 18.0 Å². The third-order valence-corrected chi connectivity index (χ3v) is 5.24. The summed E-state index contributed by atoms with van der Waals surface area (Å²) in [5.74, 6) is 0.420. The largest absolute Gasteiger partial charge is 0.494 e. The number of hydrogen-bond acceptors (Lipinski definition) is 9. The minimum absolute atomic E-state index is 0.136. The van der Waals surface area contributed by atoms with Gasteiger partial charge in [0.25, 0.3) is 0 Å². The number of aromatic nitrogens is 3. The Morgan fingerprint density at radius 2 is 2.12 bits per heavy atom. The van der Waals surface area contributed by atoms with E-state index >= 15 is 0 Å². The molecule has 1 aliphatic rings. The van der Waals surface area contributed by atoms with Crippen molar-refractivity contribution in [1.82, 2.24) is 20.3 Å². The number of halogens is 3.